The summed E-state index contributed by atoms with van der Waals surface area (Å²) in [5.41, 5.74) is 1.83. The van der Waals surface area contributed by atoms with Crippen molar-refractivity contribution in [1.29, 1.82) is 5.26 Å². The zero-order chi connectivity index (χ0) is 13.2. The Morgan fingerprint density at radius 2 is 2.00 bits per heavy atom. The van der Waals surface area contributed by atoms with E-state index in [1.54, 1.807) is 7.05 Å². The minimum Gasteiger partial charge on any atom is -0.355 e. The predicted octanol–water partition coefficient (Wildman–Crippen LogP) is 1.83. The van der Waals surface area contributed by atoms with Crippen LogP contribution in [0, 0.1) is 11.3 Å². The number of carbonyl (C=O) groups is 1. The molecule has 0 saturated carbocycles. The molecule has 2 N–H and O–H groups in total. The Hall–Kier alpha value is -1.86. The van der Waals surface area contributed by atoms with E-state index in [1.165, 1.54) is 0 Å². The Morgan fingerprint density at radius 3 is 2.61 bits per heavy atom. The average molecular weight is 245 g/mol. The van der Waals surface area contributed by atoms with Crippen LogP contribution in [0.2, 0.25) is 0 Å². The molecule has 0 aromatic heterocycles. The molecule has 0 aliphatic carbocycles. The summed E-state index contributed by atoms with van der Waals surface area (Å²) < 4.78 is 0. The first-order valence-corrected chi connectivity index (χ1v) is 6.16. The second-order valence-corrected chi connectivity index (χ2v) is 4.07. The van der Waals surface area contributed by atoms with E-state index in [-0.39, 0.29) is 5.91 Å². The lowest BCUT2D eigenvalue weighted by Crippen LogP contribution is -2.18. The van der Waals surface area contributed by atoms with Crippen molar-refractivity contribution < 1.29 is 4.79 Å². The number of unbranched alkanes of at least 4 members (excludes halogenated alkanes) is 2. The highest BCUT2D eigenvalue weighted by Gasteiger charge is 2.01. The fourth-order valence-corrected chi connectivity index (χ4v) is 1.61. The van der Waals surface area contributed by atoms with E-state index in [4.69, 9.17) is 5.26 Å². The van der Waals surface area contributed by atoms with Gasteiger partial charge in [0.2, 0.25) is 0 Å². The van der Waals surface area contributed by atoms with Crippen LogP contribution in [0.25, 0.3) is 0 Å². The number of amides is 1. The molecule has 1 aromatic rings. The highest BCUT2D eigenvalue weighted by atomic mass is 16.1. The van der Waals surface area contributed by atoms with Crippen LogP contribution < -0.4 is 10.6 Å². The Balaban J connectivity index is 2.27. The molecule has 4 heteroatoms. The van der Waals surface area contributed by atoms with Crippen LogP contribution in [0.4, 0.5) is 0 Å². The third-order valence-corrected chi connectivity index (χ3v) is 2.66. The highest BCUT2D eigenvalue weighted by molar-refractivity contribution is 5.93. The molecule has 0 saturated heterocycles. The smallest absolute Gasteiger partial charge is 0.251 e. The van der Waals surface area contributed by atoms with Gasteiger partial charge in [-0.1, -0.05) is 12.1 Å². The molecule has 0 bridgehead atoms. The largest absolute Gasteiger partial charge is 0.355 e. The molecule has 0 radical (unpaired) electrons. The number of hydrogen-bond acceptors (Lipinski definition) is 3. The predicted molar refractivity (Wildman–Crippen MR) is 71.0 cm³/mol. The summed E-state index contributed by atoms with van der Waals surface area (Å²) in [5.74, 6) is -0.0639. The highest BCUT2D eigenvalue weighted by Crippen LogP contribution is 2.04. The lowest BCUT2D eigenvalue weighted by molar-refractivity contribution is 0.0963. The summed E-state index contributed by atoms with van der Waals surface area (Å²) in [7, 11) is 1.62. The zero-order valence-electron chi connectivity index (χ0n) is 10.7. The van der Waals surface area contributed by atoms with Crippen LogP contribution in [-0.4, -0.2) is 19.5 Å². The number of rotatable bonds is 7. The van der Waals surface area contributed by atoms with Crippen molar-refractivity contribution in [3.8, 4) is 6.07 Å². The van der Waals surface area contributed by atoms with E-state index in [0.29, 0.717) is 12.0 Å². The second-order valence-electron chi connectivity index (χ2n) is 4.07. The minimum atomic E-state index is -0.0639. The molecule has 0 aliphatic rings. The topological polar surface area (TPSA) is 64.9 Å². The molecule has 0 fully saturated rings. The molecular weight excluding hydrogens is 226 g/mol. The maximum Gasteiger partial charge on any atom is 0.251 e. The van der Waals surface area contributed by atoms with Gasteiger partial charge in [0.1, 0.15) is 0 Å². The van der Waals surface area contributed by atoms with Crippen LogP contribution in [0.1, 0.15) is 35.2 Å². The van der Waals surface area contributed by atoms with E-state index in [0.717, 1.165) is 31.5 Å². The number of benzene rings is 1. The van der Waals surface area contributed by atoms with Crippen molar-refractivity contribution in [2.24, 2.45) is 0 Å². The summed E-state index contributed by atoms with van der Waals surface area (Å²) in [6.45, 7) is 1.71. The fourth-order valence-electron chi connectivity index (χ4n) is 1.61. The first-order chi connectivity index (χ1) is 8.77. The van der Waals surface area contributed by atoms with Gasteiger partial charge in [-0.25, -0.2) is 0 Å². The molecule has 0 spiro atoms. The molecule has 0 heterocycles. The first-order valence-electron chi connectivity index (χ1n) is 6.16. The maximum atomic E-state index is 11.3. The van der Waals surface area contributed by atoms with Gasteiger partial charge in [-0.2, -0.15) is 5.26 Å². The number of carbonyl (C=O) groups excluding carboxylic acids is 1. The summed E-state index contributed by atoms with van der Waals surface area (Å²) >= 11 is 0. The lowest BCUT2D eigenvalue weighted by Gasteiger charge is -2.05. The van der Waals surface area contributed by atoms with Gasteiger partial charge < -0.3 is 10.6 Å². The molecule has 1 aromatic carbocycles. The Morgan fingerprint density at radius 1 is 1.28 bits per heavy atom. The van der Waals surface area contributed by atoms with Crippen molar-refractivity contribution in [2.75, 3.05) is 13.6 Å². The standard InChI is InChI=1S/C14H19N3O/c1-16-14(18)13-7-5-12(6-8-13)11-17-10-4-2-3-9-15/h5-8,17H,2-4,10-11H2,1H3,(H,16,18). The monoisotopic (exact) mass is 245 g/mol. The third kappa shape index (κ3) is 4.98. The van der Waals surface area contributed by atoms with Gasteiger partial charge in [0.05, 0.1) is 6.07 Å². The van der Waals surface area contributed by atoms with Crippen molar-refractivity contribution >= 4 is 5.91 Å². The molecule has 0 aliphatic heterocycles. The molecule has 96 valence electrons. The van der Waals surface area contributed by atoms with Gasteiger partial charge in [0.15, 0.2) is 0 Å². The van der Waals surface area contributed by atoms with Gasteiger partial charge in [0.25, 0.3) is 5.91 Å². The molecule has 1 amide bonds. The van der Waals surface area contributed by atoms with Gasteiger partial charge in [-0.05, 0) is 37.1 Å². The number of nitrogens with zero attached hydrogens (tertiary/aromatic N) is 1. The van der Waals surface area contributed by atoms with Gasteiger partial charge in [0, 0.05) is 25.6 Å². The second kappa shape index (κ2) is 8.26. The van der Waals surface area contributed by atoms with Crippen LogP contribution in [0.3, 0.4) is 0 Å². The fraction of sp³-hybridized carbons (Fsp3) is 0.429. The van der Waals surface area contributed by atoms with Crippen LogP contribution in [0.15, 0.2) is 24.3 Å². The van der Waals surface area contributed by atoms with Crippen molar-refractivity contribution in [3.05, 3.63) is 35.4 Å². The van der Waals surface area contributed by atoms with E-state index < -0.39 is 0 Å². The average Bonchev–Trinajstić information content (AvgIpc) is 2.42. The Bertz CT molecular complexity index is 406. The molecule has 4 nitrogen and oxygen atoms in total. The van der Waals surface area contributed by atoms with Crippen molar-refractivity contribution in [1.82, 2.24) is 10.6 Å². The van der Waals surface area contributed by atoms with E-state index in [9.17, 15) is 4.79 Å². The maximum absolute atomic E-state index is 11.3. The van der Waals surface area contributed by atoms with Gasteiger partial charge >= 0.3 is 0 Å². The van der Waals surface area contributed by atoms with Crippen LogP contribution in [-0.2, 0) is 6.54 Å². The number of nitrogens with one attached hydrogen (secondary N) is 2. The van der Waals surface area contributed by atoms with E-state index >= 15 is 0 Å². The molecule has 0 unspecified atom stereocenters. The Kier molecular flexibility index (Phi) is 6.52. The number of hydrogen-bond donors (Lipinski definition) is 2. The van der Waals surface area contributed by atoms with Crippen LogP contribution >= 0.6 is 0 Å². The molecule has 0 atom stereocenters. The quantitative estimate of drug-likeness (QED) is 0.720. The van der Waals surface area contributed by atoms with Gasteiger partial charge in [-0.15, -0.1) is 0 Å². The lowest BCUT2D eigenvalue weighted by atomic mass is 10.1. The summed E-state index contributed by atoms with van der Waals surface area (Å²) in [5, 5.41) is 14.3. The van der Waals surface area contributed by atoms with E-state index in [1.807, 2.05) is 24.3 Å². The SMILES string of the molecule is CNC(=O)c1ccc(CNCCCCC#N)cc1. The summed E-state index contributed by atoms with van der Waals surface area (Å²) in [6.07, 6.45) is 2.59. The zero-order valence-corrected chi connectivity index (χ0v) is 10.7. The van der Waals surface area contributed by atoms with Crippen LogP contribution in [0.5, 0.6) is 0 Å². The normalized spacial score (nSPS) is 9.78. The first kappa shape index (κ1) is 14.2. The van der Waals surface area contributed by atoms with Crippen molar-refractivity contribution in [2.45, 2.75) is 25.8 Å². The number of nitriles is 1. The third-order valence-electron chi connectivity index (χ3n) is 2.66. The van der Waals surface area contributed by atoms with Crippen molar-refractivity contribution in [3.63, 3.8) is 0 Å². The summed E-state index contributed by atoms with van der Waals surface area (Å²) in [6, 6.07) is 9.69. The Labute approximate surface area is 108 Å². The minimum absolute atomic E-state index is 0.0639. The molecular formula is C14H19N3O. The van der Waals surface area contributed by atoms with E-state index in [2.05, 4.69) is 16.7 Å². The van der Waals surface area contributed by atoms with Gasteiger partial charge in [-0.3, -0.25) is 4.79 Å². The molecule has 1 rings (SSSR count). The molecule has 18 heavy (non-hydrogen) atoms. The summed E-state index contributed by atoms with van der Waals surface area (Å²) in [4.78, 5) is 11.3.